The quantitative estimate of drug-likeness (QED) is 0.394. The maximum Gasteiger partial charge on any atom is 0.0855 e. The van der Waals surface area contributed by atoms with Crippen molar-refractivity contribution in [3.8, 4) is 0 Å². The molecule has 3 nitrogen and oxygen atoms in total. The fourth-order valence-electron chi connectivity index (χ4n) is 1.25. The molecule has 4 atom stereocenters. The summed E-state index contributed by atoms with van der Waals surface area (Å²) in [6.45, 7) is 0. The van der Waals surface area contributed by atoms with Crippen molar-refractivity contribution >= 4 is 56.5 Å². The Bertz CT molecular complexity index is 178. The largest absolute Gasteiger partial charge is 0.750 e. The molecular weight excluding hydrogens is 406 g/mol. The molecule has 0 radical (unpaired) electrons. The van der Waals surface area contributed by atoms with Gasteiger partial charge in [-0.05, 0) is 19.3 Å². The Morgan fingerprint density at radius 3 is 2.58 bits per heavy atom. The minimum atomic E-state index is -2.35. The van der Waals surface area contributed by atoms with Crippen LogP contribution in [0, 0.1) is 0 Å². The first-order valence-corrected chi connectivity index (χ1v) is 7.13. The van der Waals surface area contributed by atoms with Gasteiger partial charge in [0.05, 0.1) is 17.5 Å². The molecule has 0 aromatic carbocycles. The predicted molar refractivity (Wildman–Crippen MR) is 63.3 cm³/mol. The molecule has 0 aliphatic heterocycles. The predicted octanol–water partition coefficient (Wildman–Crippen LogP) is 1.96. The Hall–Kier alpha value is 1.53. The highest BCUT2D eigenvalue weighted by atomic mass is 127. The van der Waals surface area contributed by atoms with Crippen molar-refractivity contribution in [1.29, 1.82) is 0 Å². The lowest BCUT2D eigenvalue weighted by molar-refractivity contribution is 0.171. The van der Waals surface area contributed by atoms with Crippen LogP contribution in [0.3, 0.4) is 0 Å². The maximum absolute atomic E-state index is 10.3. The topological polar surface area (TPSA) is 49.4 Å². The third-order valence-corrected chi connectivity index (χ3v) is 4.70. The van der Waals surface area contributed by atoms with Crippen molar-refractivity contribution in [3.63, 3.8) is 0 Å². The average Bonchev–Trinajstić information content (AvgIpc) is 1.94. The fourth-order valence-corrected chi connectivity index (χ4v) is 4.88. The van der Waals surface area contributed by atoms with Gasteiger partial charge >= 0.3 is 0 Å². The Kier molecular flexibility index (Phi) is 5.24. The molecule has 4 unspecified atom stereocenters. The SMILES string of the molecule is O=S([O-])OC1CCC(I)CC1I. The van der Waals surface area contributed by atoms with Gasteiger partial charge in [0.1, 0.15) is 0 Å². The molecule has 0 aromatic rings. The van der Waals surface area contributed by atoms with E-state index in [4.69, 9.17) is 4.18 Å². The molecule has 1 aliphatic rings. The van der Waals surface area contributed by atoms with Gasteiger partial charge in [-0.1, -0.05) is 45.2 Å². The average molecular weight is 415 g/mol. The lowest BCUT2D eigenvalue weighted by atomic mass is 9.98. The third kappa shape index (κ3) is 3.72. The number of rotatable bonds is 2. The second kappa shape index (κ2) is 5.42. The zero-order chi connectivity index (χ0) is 9.14. The highest BCUT2D eigenvalue weighted by Gasteiger charge is 2.28. The molecule has 1 saturated carbocycles. The molecule has 6 heteroatoms. The molecule has 12 heavy (non-hydrogen) atoms. The van der Waals surface area contributed by atoms with Gasteiger partial charge < -0.3 is 4.55 Å². The molecule has 0 heterocycles. The molecule has 1 rings (SSSR count). The van der Waals surface area contributed by atoms with E-state index in [-0.39, 0.29) is 6.10 Å². The van der Waals surface area contributed by atoms with E-state index < -0.39 is 11.4 Å². The standard InChI is InChI=1S/C6H10I2O3S/c7-4-1-2-6(5(8)3-4)11-12(9)10/h4-6H,1-3H2,(H,9,10)/p-1. The van der Waals surface area contributed by atoms with E-state index in [0.717, 1.165) is 19.3 Å². The molecular formula is C6H9I2O3S-. The number of hydrogen-bond acceptors (Lipinski definition) is 3. The summed E-state index contributed by atoms with van der Waals surface area (Å²) in [5, 5.41) is 0. The minimum absolute atomic E-state index is 0.102. The van der Waals surface area contributed by atoms with Crippen LogP contribution in [-0.4, -0.2) is 22.7 Å². The van der Waals surface area contributed by atoms with Crippen LogP contribution in [0.15, 0.2) is 0 Å². The van der Waals surface area contributed by atoms with Crippen molar-refractivity contribution in [3.05, 3.63) is 0 Å². The zero-order valence-corrected chi connectivity index (χ0v) is 11.4. The number of hydrogen-bond donors (Lipinski definition) is 0. The van der Waals surface area contributed by atoms with E-state index in [9.17, 15) is 8.76 Å². The van der Waals surface area contributed by atoms with Gasteiger partial charge in [0, 0.05) is 7.85 Å². The third-order valence-electron chi connectivity index (χ3n) is 1.85. The highest BCUT2D eigenvalue weighted by Crippen LogP contribution is 2.31. The van der Waals surface area contributed by atoms with E-state index in [0.29, 0.717) is 7.85 Å². The lowest BCUT2D eigenvalue weighted by Crippen LogP contribution is -2.32. The molecule has 0 bridgehead atoms. The molecule has 0 N–H and O–H groups in total. The van der Waals surface area contributed by atoms with Crippen LogP contribution in [0.5, 0.6) is 0 Å². The summed E-state index contributed by atoms with van der Waals surface area (Å²) in [6, 6.07) is 0. The molecule has 0 aromatic heterocycles. The van der Waals surface area contributed by atoms with Gasteiger partial charge in [-0.25, -0.2) is 4.21 Å². The lowest BCUT2D eigenvalue weighted by Gasteiger charge is -2.30. The van der Waals surface area contributed by atoms with Gasteiger partial charge in [-0.3, -0.25) is 4.18 Å². The van der Waals surface area contributed by atoms with Gasteiger partial charge in [0.2, 0.25) is 0 Å². The maximum atomic E-state index is 10.3. The summed E-state index contributed by atoms with van der Waals surface area (Å²) >= 11 is 2.31. The van der Waals surface area contributed by atoms with E-state index in [1.807, 2.05) is 0 Å². The molecule has 0 saturated heterocycles. The van der Waals surface area contributed by atoms with Crippen molar-refractivity contribution in [2.24, 2.45) is 0 Å². The van der Waals surface area contributed by atoms with Gasteiger partial charge in [0.15, 0.2) is 0 Å². The normalized spacial score (nSPS) is 39.4. The van der Waals surface area contributed by atoms with Crippen LogP contribution in [0.1, 0.15) is 19.3 Å². The minimum Gasteiger partial charge on any atom is -0.750 e. The van der Waals surface area contributed by atoms with Gasteiger partial charge in [0.25, 0.3) is 0 Å². The first-order chi connectivity index (χ1) is 5.59. The summed E-state index contributed by atoms with van der Waals surface area (Å²) in [5.74, 6) is 0. The van der Waals surface area contributed by atoms with Crippen LogP contribution in [-0.2, 0) is 15.5 Å². The molecule has 72 valence electrons. The Labute approximate surface area is 102 Å². The summed E-state index contributed by atoms with van der Waals surface area (Å²) in [4.78, 5) is 0. The number of alkyl halides is 2. The Morgan fingerprint density at radius 1 is 1.42 bits per heavy atom. The van der Waals surface area contributed by atoms with Crippen LogP contribution in [0.4, 0.5) is 0 Å². The van der Waals surface area contributed by atoms with E-state index in [2.05, 4.69) is 45.2 Å². The number of halogens is 2. The van der Waals surface area contributed by atoms with Gasteiger partial charge in [-0.2, -0.15) is 0 Å². The second-order valence-electron chi connectivity index (χ2n) is 2.77. The summed E-state index contributed by atoms with van der Waals surface area (Å²) in [5.41, 5.74) is 0. The van der Waals surface area contributed by atoms with Crippen LogP contribution in [0.2, 0.25) is 0 Å². The highest BCUT2D eigenvalue weighted by molar-refractivity contribution is 14.1. The van der Waals surface area contributed by atoms with E-state index >= 15 is 0 Å². The van der Waals surface area contributed by atoms with Crippen LogP contribution in [0.25, 0.3) is 0 Å². The van der Waals surface area contributed by atoms with Crippen LogP contribution >= 0.6 is 45.2 Å². The van der Waals surface area contributed by atoms with Crippen LogP contribution < -0.4 is 0 Å². The Balaban J connectivity index is 2.39. The molecule has 1 fully saturated rings. The second-order valence-corrected chi connectivity index (χ2v) is 6.73. The first kappa shape index (κ1) is 11.6. The summed E-state index contributed by atoms with van der Waals surface area (Å²) in [6.07, 6.45) is 2.86. The van der Waals surface area contributed by atoms with E-state index in [1.165, 1.54) is 0 Å². The summed E-state index contributed by atoms with van der Waals surface area (Å²) < 4.78 is 26.3. The summed E-state index contributed by atoms with van der Waals surface area (Å²) in [7, 11) is 0. The zero-order valence-electron chi connectivity index (χ0n) is 6.24. The molecule has 0 spiro atoms. The smallest absolute Gasteiger partial charge is 0.0855 e. The Morgan fingerprint density at radius 2 is 2.08 bits per heavy atom. The van der Waals surface area contributed by atoms with Crippen molar-refractivity contribution in [2.45, 2.75) is 33.2 Å². The van der Waals surface area contributed by atoms with Crippen molar-refractivity contribution in [2.75, 3.05) is 0 Å². The van der Waals surface area contributed by atoms with E-state index in [1.54, 1.807) is 0 Å². The van der Waals surface area contributed by atoms with Crippen molar-refractivity contribution in [1.82, 2.24) is 0 Å². The fraction of sp³-hybridized carbons (Fsp3) is 1.00. The van der Waals surface area contributed by atoms with Crippen molar-refractivity contribution < 1.29 is 12.9 Å². The first-order valence-electron chi connectivity index (χ1n) is 3.64. The molecule has 1 aliphatic carbocycles. The molecule has 0 amide bonds. The van der Waals surface area contributed by atoms with Gasteiger partial charge in [-0.15, -0.1) is 0 Å². The monoisotopic (exact) mass is 415 g/mol.